The minimum Gasteiger partial charge on any atom is -0.400 e. The van der Waals surface area contributed by atoms with Gasteiger partial charge in [-0.15, -0.1) is 0 Å². The Kier molecular flexibility index (Phi) is 9.15. The number of nitrogens with zero attached hydrogens (tertiary/aromatic N) is 3. The van der Waals surface area contributed by atoms with Crippen LogP contribution < -0.4 is 0 Å². The molecule has 0 atom stereocenters. The van der Waals surface area contributed by atoms with Gasteiger partial charge in [0.15, 0.2) is 0 Å². The van der Waals surface area contributed by atoms with Crippen molar-refractivity contribution in [3.05, 3.63) is 58.7 Å². The van der Waals surface area contributed by atoms with Gasteiger partial charge in [0, 0.05) is 18.5 Å². The fourth-order valence-electron chi connectivity index (χ4n) is 2.36. The minimum absolute atomic E-state index is 0.481. The quantitative estimate of drug-likeness (QED) is 0.451. The Morgan fingerprint density at radius 3 is 2.50 bits per heavy atom. The first-order valence-corrected chi connectivity index (χ1v) is 8.54. The lowest BCUT2D eigenvalue weighted by molar-refractivity contribution is 0.141. The van der Waals surface area contributed by atoms with Crippen molar-refractivity contribution in [2.45, 2.75) is 40.5 Å². The Balaban J connectivity index is 0.00000163. The van der Waals surface area contributed by atoms with E-state index in [0.29, 0.717) is 12.3 Å². The van der Waals surface area contributed by atoms with Gasteiger partial charge in [-0.3, -0.25) is 9.97 Å². The van der Waals surface area contributed by atoms with E-state index in [1.54, 1.807) is 6.92 Å². The van der Waals surface area contributed by atoms with E-state index in [9.17, 15) is 0 Å². The van der Waals surface area contributed by atoms with E-state index in [-0.39, 0.29) is 0 Å². The lowest BCUT2D eigenvalue weighted by Crippen LogP contribution is -2.03. The fraction of sp³-hybridized carbons (Fsp3) is 0.400. The third-order valence-corrected chi connectivity index (χ3v) is 3.53. The van der Waals surface area contributed by atoms with Crippen molar-refractivity contribution < 1.29 is 9.94 Å². The highest BCUT2D eigenvalue weighted by molar-refractivity contribution is 5.96. The maximum absolute atomic E-state index is 7.62. The largest absolute Gasteiger partial charge is 0.400 e. The molecular formula is C20H28N4O2. The average molecular weight is 356 g/mol. The van der Waals surface area contributed by atoms with Gasteiger partial charge in [-0.25, -0.2) is 0 Å². The van der Waals surface area contributed by atoms with Gasteiger partial charge in [0.25, 0.3) is 0 Å². The van der Waals surface area contributed by atoms with Crippen LogP contribution in [-0.2, 0) is 11.3 Å². The molecule has 0 saturated heterocycles. The lowest BCUT2D eigenvalue weighted by Gasteiger charge is -2.05. The molecule has 2 aromatic rings. The number of hydrogen-bond donors (Lipinski definition) is 2. The van der Waals surface area contributed by atoms with E-state index in [1.807, 2.05) is 51.1 Å². The highest BCUT2D eigenvalue weighted by Gasteiger charge is 2.03. The number of pyridine rings is 2. The smallest absolute Gasteiger partial charge is 0.117 e. The summed E-state index contributed by atoms with van der Waals surface area (Å²) in [6.45, 7) is 8.19. The molecule has 0 radical (unpaired) electrons. The van der Waals surface area contributed by atoms with Crippen LogP contribution in [0.25, 0.3) is 0 Å². The van der Waals surface area contributed by atoms with Crippen molar-refractivity contribution in [3.63, 3.8) is 0 Å². The van der Waals surface area contributed by atoms with Crippen LogP contribution in [0.1, 0.15) is 48.6 Å². The van der Waals surface area contributed by atoms with Gasteiger partial charge in [-0.05, 0) is 70.4 Å². The van der Waals surface area contributed by atoms with Crippen molar-refractivity contribution in [2.75, 3.05) is 13.7 Å². The van der Waals surface area contributed by atoms with Crippen LogP contribution in [0.5, 0.6) is 0 Å². The summed E-state index contributed by atoms with van der Waals surface area (Å²) in [5.74, 6) is 0. The van der Waals surface area contributed by atoms with Crippen molar-refractivity contribution in [1.29, 1.82) is 5.41 Å². The van der Waals surface area contributed by atoms with Gasteiger partial charge in [0.05, 0.1) is 17.1 Å². The minimum atomic E-state index is 0.481. The van der Waals surface area contributed by atoms with Gasteiger partial charge >= 0.3 is 0 Å². The average Bonchev–Trinajstić information content (AvgIpc) is 2.62. The molecule has 6 nitrogen and oxygen atoms in total. The second-order valence-corrected chi connectivity index (χ2v) is 5.92. The van der Waals surface area contributed by atoms with Crippen LogP contribution in [0, 0.1) is 19.3 Å². The topological polar surface area (TPSA) is 91.5 Å². The maximum atomic E-state index is 7.62. The normalized spacial score (nSPS) is 10.8. The summed E-state index contributed by atoms with van der Waals surface area (Å²) in [6, 6.07) is 9.80. The van der Waals surface area contributed by atoms with E-state index in [2.05, 4.69) is 15.1 Å². The summed E-state index contributed by atoms with van der Waals surface area (Å²) in [4.78, 5) is 14.3. The molecule has 2 aromatic heterocycles. The second kappa shape index (κ2) is 11.1. The molecular weight excluding hydrogens is 328 g/mol. The van der Waals surface area contributed by atoms with Crippen LogP contribution in [0.4, 0.5) is 0 Å². The molecule has 0 spiro atoms. The highest BCUT2D eigenvalue weighted by atomic mass is 16.6. The molecule has 0 saturated carbocycles. The van der Waals surface area contributed by atoms with Crippen molar-refractivity contribution in [1.82, 2.24) is 9.97 Å². The zero-order chi connectivity index (χ0) is 19.5. The van der Waals surface area contributed by atoms with Crippen molar-refractivity contribution >= 4 is 11.4 Å². The predicted molar refractivity (Wildman–Crippen MR) is 105 cm³/mol. The van der Waals surface area contributed by atoms with E-state index in [1.165, 1.54) is 5.56 Å². The molecule has 140 valence electrons. The third-order valence-electron chi connectivity index (χ3n) is 3.53. The Bertz CT molecular complexity index is 737. The first kappa shape index (κ1) is 21.4. The zero-order valence-electron chi connectivity index (χ0n) is 16.2. The zero-order valence-corrected chi connectivity index (χ0v) is 16.2. The highest BCUT2D eigenvalue weighted by Crippen LogP contribution is 2.07. The standard InChI is InChI=1S/C19H24N4O.CH4O/c1-13-11-14(2)21-19(12-13)16(4)23-24-10-6-8-17-7-5-9-18(22-17)15(3)20;1-2/h5,7,9,11-12,20H,6,8,10H2,1-4H3;2H,1H3/b20-15?,23-16+;. The number of aliphatic hydroxyl groups is 1. The maximum Gasteiger partial charge on any atom is 0.117 e. The molecule has 0 aliphatic carbocycles. The first-order valence-electron chi connectivity index (χ1n) is 8.54. The van der Waals surface area contributed by atoms with Crippen LogP contribution in [-0.4, -0.2) is 40.2 Å². The monoisotopic (exact) mass is 356 g/mol. The first-order chi connectivity index (χ1) is 12.5. The van der Waals surface area contributed by atoms with E-state index < -0.39 is 0 Å². The summed E-state index contributed by atoms with van der Waals surface area (Å²) in [6.07, 6.45) is 1.63. The van der Waals surface area contributed by atoms with E-state index >= 15 is 0 Å². The summed E-state index contributed by atoms with van der Waals surface area (Å²) < 4.78 is 0. The number of nitrogens with one attached hydrogen (secondary N) is 1. The molecule has 0 bridgehead atoms. The SMILES string of the molecule is CC(=N)c1cccc(CCCO/N=C(\C)c2cc(C)cc(C)n2)n1.CO. The summed E-state index contributed by atoms with van der Waals surface area (Å²) in [7, 11) is 1.00. The van der Waals surface area contributed by atoms with Gasteiger partial charge < -0.3 is 15.4 Å². The third kappa shape index (κ3) is 7.11. The summed E-state index contributed by atoms with van der Waals surface area (Å²) >= 11 is 0. The molecule has 2 N–H and O–H groups in total. The predicted octanol–water partition coefficient (Wildman–Crippen LogP) is 3.46. The molecule has 0 aliphatic rings. The summed E-state index contributed by atoms with van der Waals surface area (Å²) in [5, 5.41) is 18.8. The molecule has 0 aliphatic heterocycles. The number of aliphatic hydroxyl groups excluding tert-OH is 1. The van der Waals surface area contributed by atoms with E-state index in [0.717, 1.165) is 48.4 Å². The van der Waals surface area contributed by atoms with Crippen LogP contribution in [0.3, 0.4) is 0 Å². The Labute approximate surface area is 155 Å². The van der Waals surface area contributed by atoms with Crippen LogP contribution >= 0.6 is 0 Å². The summed E-state index contributed by atoms with van der Waals surface area (Å²) in [5.41, 5.74) is 5.95. The molecule has 0 aromatic carbocycles. The molecule has 26 heavy (non-hydrogen) atoms. The Hall–Kier alpha value is -2.60. The van der Waals surface area contributed by atoms with Gasteiger partial charge in [0.2, 0.25) is 0 Å². The molecule has 0 unspecified atom stereocenters. The molecule has 6 heteroatoms. The molecule has 0 amide bonds. The van der Waals surface area contributed by atoms with Crippen molar-refractivity contribution in [3.8, 4) is 0 Å². The Morgan fingerprint density at radius 1 is 1.12 bits per heavy atom. The van der Waals surface area contributed by atoms with Gasteiger partial charge in [-0.1, -0.05) is 11.2 Å². The molecule has 2 heterocycles. The number of rotatable bonds is 7. The van der Waals surface area contributed by atoms with Gasteiger partial charge in [-0.2, -0.15) is 0 Å². The number of hydrogen-bond acceptors (Lipinski definition) is 6. The van der Waals surface area contributed by atoms with Gasteiger partial charge in [0.1, 0.15) is 12.3 Å². The second-order valence-electron chi connectivity index (χ2n) is 5.92. The Morgan fingerprint density at radius 2 is 1.85 bits per heavy atom. The van der Waals surface area contributed by atoms with Crippen molar-refractivity contribution in [2.24, 2.45) is 5.16 Å². The lowest BCUT2D eigenvalue weighted by atomic mass is 10.2. The molecule has 0 fully saturated rings. The number of aryl methyl sites for hydroxylation is 3. The number of aromatic nitrogens is 2. The van der Waals surface area contributed by atoms with Crippen LogP contribution in [0.2, 0.25) is 0 Å². The van der Waals surface area contributed by atoms with Crippen LogP contribution in [0.15, 0.2) is 35.5 Å². The number of oxime groups is 1. The van der Waals surface area contributed by atoms with E-state index in [4.69, 9.17) is 15.4 Å². The fourth-order valence-corrected chi connectivity index (χ4v) is 2.36. The molecule has 2 rings (SSSR count).